The van der Waals surface area contributed by atoms with E-state index >= 15 is 0 Å². The highest BCUT2D eigenvalue weighted by atomic mass is 16.9. The first kappa shape index (κ1) is 19.2. The van der Waals surface area contributed by atoms with Crippen molar-refractivity contribution in [3.05, 3.63) is 71.8 Å². The largest absolute Gasteiger partial charge is 0.393 e. The van der Waals surface area contributed by atoms with Crippen LogP contribution in [0.15, 0.2) is 60.7 Å². The quantitative estimate of drug-likeness (QED) is 0.774. The SMILES string of the molecule is CC1(C)O[C@H]2O[C@]3(CO)C(OCc4ccccc4)[C@]3(OCc3ccccc3)[C@H]2O1. The van der Waals surface area contributed by atoms with Gasteiger partial charge in [0.05, 0.1) is 19.8 Å². The highest BCUT2D eigenvalue weighted by Gasteiger charge is 2.91. The second kappa shape index (κ2) is 6.87. The molecule has 2 aromatic rings. The lowest BCUT2D eigenvalue weighted by Crippen LogP contribution is -2.40. The number of rotatable bonds is 7. The minimum Gasteiger partial charge on any atom is -0.393 e. The topological polar surface area (TPSA) is 66.4 Å². The molecule has 0 bridgehead atoms. The monoisotopic (exact) mass is 398 g/mol. The maximum absolute atomic E-state index is 10.3. The summed E-state index contributed by atoms with van der Waals surface area (Å²) in [4.78, 5) is 0. The fourth-order valence-corrected chi connectivity index (χ4v) is 4.64. The van der Waals surface area contributed by atoms with E-state index in [4.69, 9.17) is 23.7 Å². The summed E-state index contributed by atoms with van der Waals surface area (Å²) in [6.45, 7) is 4.23. The van der Waals surface area contributed by atoms with E-state index in [2.05, 4.69) is 0 Å². The Morgan fingerprint density at radius 1 is 0.862 bits per heavy atom. The van der Waals surface area contributed by atoms with Crippen molar-refractivity contribution < 1.29 is 28.8 Å². The van der Waals surface area contributed by atoms with E-state index in [9.17, 15) is 5.11 Å². The van der Waals surface area contributed by atoms with Gasteiger partial charge in [-0.2, -0.15) is 0 Å². The molecule has 29 heavy (non-hydrogen) atoms. The summed E-state index contributed by atoms with van der Waals surface area (Å²) >= 11 is 0. The van der Waals surface area contributed by atoms with Crippen molar-refractivity contribution >= 4 is 0 Å². The zero-order valence-corrected chi connectivity index (χ0v) is 16.6. The smallest absolute Gasteiger partial charge is 0.191 e. The van der Waals surface area contributed by atoms with E-state index in [0.29, 0.717) is 13.2 Å². The van der Waals surface area contributed by atoms with Gasteiger partial charge < -0.3 is 28.8 Å². The number of aliphatic hydroxyl groups excluding tert-OH is 1. The van der Waals surface area contributed by atoms with Crippen LogP contribution < -0.4 is 0 Å². The molecule has 2 heterocycles. The molecule has 2 aliphatic heterocycles. The second-order valence-corrected chi connectivity index (χ2v) is 8.33. The van der Waals surface area contributed by atoms with Crippen LogP contribution in [-0.4, -0.2) is 47.2 Å². The Kier molecular flexibility index (Phi) is 4.55. The summed E-state index contributed by atoms with van der Waals surface area (Å²) in [5.74, 6) is -0.785. The lowest BCUT2D eigenvalue weighted by molar-refractivity contribution is -0.225. The molecule has 5 atom stereocenters. The molecule has 5 rings (SSSR count). The van der Waals surface area contributed by atoms with Gasteiger partial charge in [0.2, 0.25) is 0 Å². The van der Waals surface area contributed by atoms with Crippen LogP contribution in [0, 0.1) is 0 Å². The van der Waals surface area contributed by atoms with Gasteiger partial charge in [0, 0.05) is 0 Å². The third-order valence-electron chi connectivity index (χ3n) is 6.01. The van der Waals surface area contributed by atoms with Crippen LogP contribution in [0.5, 0.6) is 0 Å². The first-order chi connectivity index (χ1) is 14.0. The lowest BCUT2D eigenvalue weighted by Gasteiger charge is -2.24. The Hall–Kier alpha value is -1.80. The van der Waals surface area contributed by atoms with Crippen molar-refractivity contribution in [3.8, 4) is 0 Å². The number of aliphatic hydroxyl groups is 1. The lowest BCUT2D eigenvalue weighted by atomic mass is 10.1. The van der Waals surface area contributed by atoms with Crippen LogP contribution >= 0.6 is 0 Å². The standard InChI is InChI=1S/C23H26O6/c1-21(2)27-18-19(28-21)29-22(15-24)20(25-13-16-9-5-3-6-10-16)23(18,22)26-14-17-11-7-4-8-12-17/h3-12,18-20,24H,13-15H2,1-2H3/t18-,19-,20?,22+,23+/m0/s1. The minimum atomic E-state index is -0.998. The summed E-state index contributed by atoms with van der Waals surface area (Å²) in [5.41, 5.74) is 0.154. The van der Waals surface area contributed by atoms with E-state index in [0.717, 1.165) is 11.1 Å². The van der Waals surface area contributed by atoms with Crippen molar-refractivity contribution in [2.75, 3.05) is 6.61 Å². The molecule has 1 unspecified atom stereocenters. The van der Waals surface area contributed by atoms with Gasteiger partial charge in [-0.25, -0.2) is 0 Å². The van der Waals surface area contributed by atoms with Crippen molar-refractivity contribution in [1.29, 1.82) is 0 Å². The molecule has 1 saturated carbocycles. The normalized spacial score (nSPS) is 36.6. The Bertz CT molecular complexity index is 856. The molecule has 2 aromatic carbocycles. The molecule has 154 valence electrons. The third-order valence-corrected chi connectivity index (χ3v) is 6.01. The van der Waals surface area contributed by atoms with Crippen LogP contribution in [0.1, 0.15) is 25.0 Å². The maximum Gasteiger partial charge on any atom is 0.191 e. The van der Waals surface area contributed by atoms with Crippen molar-refractivity contribution in [2.24, 2.45) is 0 Å². The second-order valence-electron chi connectivity index (χ2n) is 8.33. The summed E-state index contributed by atoms with van der Waals surface area (Å²) in [5, 5.41) is 10.3. The molecule has 2 saturated heterocycles. The van der Waals surface area contributed by atoms with Gasteiger partial charge in [0.15, 0.2) is 23.3 Å². The van der Waals surface area contributed by atoms with Gasteiger partial charge in [-0.3, -0.25) is 0 Å². The molecule has 3 aliphatic rings. The predicted molar refractivity (Wildman–Crippen MR) is 104 cm³/mol. The van der Waals surface area contributed by atoms with Crippen LogP contribution in [0.25, 0.3) is 0 Å². The number of fused-ring (bicyclic) bond motifs is 3. The van der Waals surface area contributed by atoms with Crippen molar-refractivity contribution in [3.63, 3.8) is 0 Å². The average molecular weight is 398 g/mol. The molecule has 3 fully saturated rings. The molecule has 6 nitrogen and oxygen atoms in total. The van der Waals surface area contributed by atoms with E-state index in [1.165, 1.54) is 0 Å². The van der Waals surface area contributed by atoms with E-state index < -0.39 is 35.5 Å². The fraction of sp³-hybridized carbons (Fsp3) is 0.478. The fourth-order valence-electron chi connectivity index (χ4n) is 4.64. The summed E-state index contributed by atoms with van der Waals surface area (Å²) in [6.07, 6.45) is -1.53. The van der Waals surface area contributed by atoms with Gasteiger partial charge in [-0.05, 0) is 25.0 Å². The molecule has 6 heteroatoms. The maximum atomic E-state index is 10.3. The van der Waals surface area contributed by atoms with E-state index in [1.807, 2.05) is 74.5 Å². The first-order valence-corrected chi connectivity index (χ1v) is 9.98. The highest BCUT2D eigenvalue weighted by Crippen LogP contribution is 2.67. The predicted octanol–water partition coefficient (Wildman–Crippen LogP) is 2.78. The highest BCUT2D eigenvalue weighted by molar-refractivity contribution is 5.38. The minimum absolute atomic E-state index is 0.235. The molecule has 0 aromatic heterocycles. The van der Waals surface area contributed by atoms with Crippen LogP contribution in [0.2, 0.25) is 0 Å². The van der Waals surface area contributed by atoms with Crippen LogP contribution in [0.4, 0.5) is 0 Å². The zero-order chi connectivity index (χ0) is 20.1. The van der Waals surface area contributed by atoms with Gasteiger partial charge in [-0.1, -0.05) is 60.7 Å². The summed E-state index contributed by atoms with van der Waals surface area (Å²) < 4.78 is 30.9. The van der Waals surface area contributed by atoms with Gasteiger partial charge in [-0.15, -0.1) is 0 Å². The molecular formula is C23H26O6. The molecule has 0 radical (unpaired) electrons. The Morgan fingerprint density at radius 2 is 1.48 bits per heavy atom. The summed E-state index contributed by atoms with van der Waals surface area (Å²) in [7, 11) is 0. The van der Waals surface area contributed by atoms with Crippen LogP contribution in [0.3, 0.4) is 0 Å². The molecule has 0 amide bonds. The van der Waals surface area contributed by atoms with Gasteiger partial charge in [0.25, 0.3) is 0 Å². The number of benzene rings is 2. The Balaban J connectivity index is 1.41. The number of ether oxygens (including phenoxy) is 5. The van der Waals surface area contributed by atoms with Gasteiger partial charge in [0.1, 0.15) is 12.2 Å². The van der Waals surface area contributed by atoms with Crippen molar-refractivity contribution in [1.82, 2.24) is 0 Å². The first-order valence-electron chi connectivity index (χ1n) is 9.98. The average Bonchev–Trinajstić information content (AvgIpc) is 2.98. The van der Waals surface area contributed by atoms with Gasteiger partial charge >= 0.3 is 0 Å². The molecule has 0 spiro atoms. The number of hydrogen-bond acceptors (Lipinski definition) is 6. The van der Waals surface area contributed by atoms with E-state index in [-0.39, 0.29) is 6.61 Å². The molecule has 1 N–H and O–H groups in total. The van der Waals surface area contributed by atoms with E-state index in [1.54, 1.807) is 0 Å². The molecule has 1 aliphatic carbocycles. The number of hydrogen-bond donors (Lipinski definition) is 1. The third kappa shape index (κ3) is 2.94. The Labute approximate surface area is 170 Å². The van der Waals surface area contributed by atoms with Crippen molar-refractivity contribution in [2.45, 2.75) is 62.5 Å². The zero-order valence-electron chi connectivity index (χ0n) is 16.6. The summed E-state index contributed by atoms with van der Waals surface area (Å²) in [6, 6.07) is 19.8. The Morgan fingerprint density at radius 3 is 2.10 bits per heavy atom. The van der Waals surface area contributed by atoms with Crippen LogP contribution in [-0.2, 0) is 36.9 Å². The molecular weight excluding hydrogens is 372 g/mol.